The van der Waals surface area contributed by atoms with Crippen molar-refractivity contribution in [3.63, 3.8) is 0 Å². The fourth-order valence-electron chi connectivity index (χ4n) is 4.27. The van der Waals surface area contributed by atoms with Crippen molar-refractivity contribution >= 4 is 17.2 Å². The van der Waals surface area contributed by atoms with Crippen LogP contribution in [0.15, 0.2) is 30.3 Å². The molecule has 2 fully saturated rings. The lowest BCUT2D eigenvalue weighted by Gasteiger charge is -2.44. The third-order valence-electron chi connectivity index (χ3n) is 5.44. The predicted molar refractivity (Wildman–Crippen MR) is 98.1 cm³/mol. The average Bonchev–Trinajstić information content (AvgIpc) is 3.21. The second-order valence-electron chi connectivity index (χ2n) is 7.09. The number of piperidine rings is 1. The molecule has 1 aromatic carbocycles. The normalized spacial score (nSPS) is 24.4. The Balaban J connectivity index is 1.53. The first-order valence-corrected chi connectivity index (χ1v) is 9.86. The van der Waals surface area contributed by atoms with Gasteiger partial charge in [0.15, 0.2) is 0 Å². The van der Waals surface area contributed by atoms with Crippen molar-refractivity contribution in [1.82, 2.24) is 20.0 Å². The molecule has 1 atom stereocenters. The summed E-state index contributed by atoms with van der Waals surface area (Å²) in [6.07, 6.45) is 4.09. The van der Waals surface area contributed by atoms with Gasteiger partial charge in [-0.2, -0.15) is 0 Å². The molecular formula is C19H24N4OS. The third kappa shape index (κ3) is 3.20. The van der Waals surface area contributed by atoms with Crippen molar-refractivity contribution in [3.8, 4) is 0 Å². The number of aryl methyl sites for hydroxylation is 1. The highest BCUT2D eigenvalue weighted by Gasteiger charge is 2.50. The van der Waals surface area contributed by atoms with E-state index in [1.54, 1.807) is 11.3 Å². The molecule has 5 nitrogen and oxygen atoms in total. The van der Waals surface area contributed by atoms with Crippen molar-refractivity contribution in [2.24, 2.45) is 0 Å². The Hall–Kier alpha value is -1.79. The number of likely N-dealkylation sites (tertiary alicyclic amines) is 2. The molecule has 1 spiro atoms. The van der Waals surface area contributed by atoms with Gasteiger partial charge in [0.2, 0.25) is 5.91 Å². The van der Waals surface area contributed by atoms with E-state index in [9.17, 15) is 4.79 Å². The average molecular weight is 356 g/mol. The number of carbonyl (C=O) groups is 1. The molecule has 2 saturated heterocycles. The smallest absolute Gasteiger partial charge is 0.243 e. The van der Waals surface area contributed by atoms with E-state index in [4.69, 9.17) is 0 Å². The minimum absolute atomic E-state index is 0.307. The van der Waals surface area contributed by atoms with Crippen LogP contribution in [0.1, 0.15) is 41.3 Å². The quantitative estimate of drug-likeness (QED) is 0.845. The Bertz CT molecular complexity index is 747. The summed E-state index contributed by atoms with van der Waals surface area (Å²) in [6, 6.07) is 10.3. The maximum absolute atomic E-state index is 13.4. The van der Waals surface area contributed by atoms with Crippen LogP contribution in [0.4, 0.5) is 0 Å². The number of rotatable bonds is 4. The predicted octanol–water partition coefficient (Wildman–Crippen LogP) is 3.00. The third-order valence-corrected chi connectivity index (χ3v) is 6.26. The summed E-state index contributed by atoms with van der Waals surface area (Å²) in [4.78, 5) is 17.8. The van der Waals surface area contributed by atoms with Crippen LogP contribution < -0.4 is 0 Å². The molecule has 2 aliphatic rings. The van der Waals surface area contributed by atoms with Gasteiger partial charge in [0.25, 0.3) is 0 Å². The van der Waals surface area contributed by atoms with Crippen molar-refractivity contribution in [3.05, 3.63) is 45.9 Å². The van der Waals surface area contributed by atoms with Crippen molar-refractivity contribution in [2.45, 2.75) is 51.2 Å². The van der Waals surface area contributed by atoms with Gasteiger partial charge >= 0.3 is 0 Å². The fraction of sp³-hybridized carbons (Fsp3) is 0.526. The number of benzene rings is 1. The minimum Gasteiger partial charge on any atom is -0.337 e. The van der Waals surface area contributed by atoms with E-state index >= 15 is 0 Å². The first kappa shape index (κ1) is 16.7. The van der Waals surface area contributed by atoms with Crippen LogP contribution in [-0.4, -0.2) is 44.5 Å². The molecule has 0 bridgehead atoms. The highest BCUT2D eigenvalue weighted by molar-refractivity contribution is 7.11. The first-order valence-electron chi connectivity index (χ1n) is 9.05. The van der Waals surface area contributed by atoms with Gasteiger partial charge in [0, 0.05) is 13.1 Å². The Labute approximate surface area is 152 Å². The van der Waals surface area contributed by atoms with Gasteiger partial charge in [-0.1, -0.05) is 30.3 Å². The van der Waals surface area contributed by atoms with Gasteiger partial charge in [-0.05, 0) is 44.7 Å². The minimum atomic E-state index is -0.327. The van der Waals surface area contributed by atoms with Gasteiger partial charge < -0.3 is 4.90 Å². The van der Waals surface area contributed by atoms with Crippen molar-refractivity contribution < 1.29 is 4.79 Å². The highest BCUT2D eigenvalue weighted by Crippen LogP contribution is 2.39. The van der Waals surface area contributed by atoms with Crippen LogP contribution in [0, 0.1) is 6.92 Å². The SMILES string of the molecule is Cc1nnc(CN2CCCC23CCCN(Cc2ccccc2)C3=O)s1. The topological polar surface area (TPSA) is 49.3 Å². The first-order chi connectivity index (χ1) is 12.2. The number of hydrogen-bond acceptors (Lipinski definition) is 5. The fourth-order valence-corrected chi connectivity index (χ4v) is 5.00. The number of amides is 1. The van der Waals surface area contributed by atoms with Gasteiger partial charge in [-0.25, -0.2) is 0 Å². The zero-order valence-corrected chi connectivity index (χ0v) is 15.5. The van der Waals surface area contributed by atoms with Crippen LogP contribution in [-0.2, 0) is 17.9 Å². The van der Waals surface area contributed by atoms with E-state index < -0.39 is 0 Å². The summed E-state index contributed by atoms with van der Waals surface area (Å²) in [5, 5.41) is 10.4. The molecule has 2 aliphatic heterocycles. The largest absolute Gasteiger partial charge is 0.337 e. The molecule has 1 amide bonds. The van der Waals surface area contributed by atoms with Crippen molar-refractivity contribution in [1.29, 1.82) is 0 Å². The molecule has 25 heavy (non-hydrogen) atoms. The van der Waals surface area contributed by atoms with Crippen molar-refractivity contribution in [2.75, 3.05) is 13.1 Å². The van der Waals surface area contributed by atoms with E-state index in [-0.39, 0.29) is 5.54 Å². The van der Waals surface area contributed by atoms with Crippen LogP contribution in [0.5, 0.6) is 0 Å². The zero-order valence-electron chi connectivity index (χ0n) is 14.6. The summed E-state index contributed by atoms with van der Waals surface area (Å²) in [5.74, 6) is 0.307. The number of nitrogens with zero attached hydrogens (tertiary/aromatic N) is 4. The lowest BCUT2D eigenvalue weighted by molar-refractivity contribution is -0.148. The van der Waals surface area contributed by atoms with Crippen LogP contribution in [0.3, 0.4) is 0 Å². The Kier molecular flexibility index (Phi) is 4.56. The molecule has 1 aromatic heterocycles. The molecule has 6 heteroatoms. The maximum Gasteiger partial charge on any atom is 0.243 e. The Morgan fingerprint density at radius 2 is 1.84 bits per heavy atom. The molecule has 0 radical (unpaired) electrons. The summed E-state index contributed by atoms with van der Waals surface area (Å²) in [7, 11) is 0. The van der Waals surface area contributed by atoms with Gasteiger partial charge in [-0.3, -0.25) is 9.69 Å². The monoisotopic (exact) mass is 356 g/mol. The summed E-state index contributed by atoms with van der Waals surface area (Å²) in [5.41, 5.74) is 0.879. The van der Waals surface area contributed by atoms with E-state index in [1.807, 2.05) is 25.1 Å². The standard InChI is InChI=1S/C19H24N4OS/c1-15-20-21-17(25-15)14-23-12-6-10-19(23)9-5-11-22(18(19)24)13-16-7-3-2-4-8-16/h2-4,7-8H,5-6,9-14H2,1H3. The highest BCUT2D eigenvalue weighted by atomic mass is 32.1. The Morgan fingerprint density at radius 1 is 1.08 bits per heavy atom. The molecule has 0 saturated carbocycles. The molecule has 132 valence electrons. The van der Waals surface area contributed by atoms with Gasteiger partial charge in [-0.15, -0.1) is 21.5 Å². The van der Waals surface area contributed by atoms with Crippen LogP contribution in [0.2, 0.25) is 0 Å². The molecule has 2 aromatic rings. The van der Waals surface area contributed by atoms with E-state index in [1.165, 1.54) is 5.56 Å². The second-order valence-corrected chi connectivity index (χ2v) is 8.35. The summed E-state index contributed by atoms with van der Waals surface area (Å²) < 4.78 is 0. The molecule has 0 N–H and O–H groups in total. The van der Waals surface area contributed by atoms with E-state index in [0.29, 0.717) is 12.5 Å². The number of carbonyl (C=O) groups excluding carboxylic acids is 1. The zero-order chi connectivity index (χ0) is 17.3. The van der Waals surface area contributed by atoms with Gasteiger partial charge in [0.1, 0.15) is 15.6 Å². The summed E-state index contributed by atoms with van der Waals surface area (Å²) in [6.45, 7) is 5.28. The molecule has 1 unspecified atom stereocenters. The lowest BCUT2D eigenvalue weighted by Crippen LogP contribution is -2.59. The lowest BCUT2D eigenvalue weighted by atomic mass is 9.85. The molecule has 0 aliphatic carbocycles. The molecule has 4 rings (SSSR count). The van der Waals surface area contributed by atoms with Gasteiger partial charge in [0.05, 0.1) is 6.54 Å². The van der Waals surface area contributed by atoms with E-state index in [2.05, 4.69) is 32.1 Å². The Morgan fingerprint density at radius 3 is 2.56 bits per heavy atom. The summed E-state index contributed by atoms with van der Waals surface area (Å²) >= 11 is 1.64. The number of aromatic nitrogens is 2. The van der Waals surface area contributed by atoms with E-state index in [0.717, 1.165) is 55.3 Å². The van der Waals surface area contributed by atoms with Crippen LogP contribution in [0.25, 0.3) is 0 Å². The second kappa shape index (κ2) is 6.84. The molecule has 3 heterocycles. The van der Waals surface area contributed by atoms with Crippen LogP contribution >= 0.6 is 11.3 Å². The maximum atomic E-state index is 13.4. The number of hydrogen-bond donors (Lipinski definition) is 0. The molecular weight excluding hydrogens is 332 g/mol.